The fourth-order valence-corrected chi connectivity index (χ4v) is 4.02. The van der Waals surface area contributed by atoms with Gasteiger partial charge in [0, 0.05) is 6.54 Å². The molecule has 1 saturated heterocycles. The van der Waals surface area contributed by atoms with Crippen molar-refractivity contribution in [3.63, 3.8) is 0 Å². The van der Waals surface area contributed by atoms with Gasteiger partial charge < -0.3 is 9.47 Å². The SMILES string of the molecule is COc1ccc(CN2C(=O)O/C(=C(/I)c3ccccc3)C2CC(C)C)cc1. The quantitative estimate of drug-likeness (QED) is 0.489. The van der Waals surface area contributed by atoms with Crippen molar-refractivity contribution >= 4 is 32.3 Å². The molecule has 2 aromatic rings. The van der Waals surface area contributed by atoms with Gasteiger partial charge in [0.25, 0.3) is 0 Å². The van der Waals surface area contributed by atoms with E-state index in [0.717, 1.165) is 32.6 Å². The molecule has 5 heteroatoms. The zero-order valence-electron chi connectivity index (χ0n) is 15.8. The molecular formula is C22H24INO3. The Morgan fingerprint density at radius 3 is 2.41 bits per heavy atom. The molecule has 3 rings (SSSR count). The average Bonchev–Trinajstić information content (AvgIpc) is 2.97. The Morgan fingerprint density at radius 1 is 1.15 bits per heavy atom. The predicted molar refractivity (Wildman–Crippen MR) is 116 cm³/mol. The lowest BCUT2D eigenvalue weighted by Gasteiger charge is -2.24. The maximum Gasteiger partial charge on any atom is 0.415 e. The molecule has 2 aromatic carbocycles. The number of cyclic esters (lactones) is 1. The summed E-state index contributed by atoms with van der Waals surface area (Å²) in [5.41, 5.74) is 2.12. The van der Waals surface area contributed by atoms with E-state index in [4.69, 9.17) is 9.47 Å². The van der Waals surface area contributed by atoms with E-state index in [1.165, 1.54) is 0 Å². The lowest BCUT2D eigenvalue weighted by molar-refractivity contribution is 0.161. The first kappa shape index (κ1) is 19.7. The van der Waals surface area contributed by atoms with Crippen LogP contribution in [0.25, 0.3) is 3.58 Å². The second kappa shape index (κ2) is 8.78. The normalized spacial score (nSPS) is 18.6. The number of amides is 1. The second-order valence-electron chi connectivity index (χ2n) is 7.03. The van der Waals surface area contributed by atoms with Crippen molar-refractivity contribution in [2.24, 2.45) is 5.92 Å². The van der Waals surface area contributed by atoms with Crippen LogP contribution in [-0.2, 0) is 11.3 Å². The molecular weight excluding hydrogens is 453 g/mol. The fraction of sp³-hybridized carbons (Fsp3) is 0.318. The van der Waals surface area contributed by atoms with E-state index in [1.54, 1.807) is 7.11 Å². The number of hydrogen-bond donors (Lipinski definition) is 0. The predicted octanol–water partition coefficient (Wildman–Crippen LogP) is 5.87. The van der Waals surface area contributed by atoms with E-state index >= 15 is 0 Å². The number of ether oxygens (including phenoxy) is 2. The van der Waals surface area contributed by atoms with Crippen LogP contribution in [0.1, 0.15) is 31.4 Å². The molecule has 142 valence electrons. The number of methoxy groups -OCH3 is 1. The summed E-state index contributed by atoms with van der Waals surface area (Å²) in [6.07, 6.45) is 0.577. The largest absolute Gasteiger partial charge is 0.497 e. The fourth-order valence-electron chi connectivity index (χ4n) is 3.19. The molecule has 0 bridgehead atoms. The van der Waals surface area contributed by atoms with Gasteiger partial charge in [0.1, 0.15) is 11.5 Å². The number of rotatable bonds is 6. The molecule has 1 aliphatic rings. The molecule has 1 amide bonds. The number of hydrogen-bond acceptors (Lipinski definition) is 3. The molecule has 4 nitrogen and oxygen atoms in total. The van der Waals surface area contributed by atoms with Crippen LogP contribution in [0, 0.1) is 5.92 Å². The lowest BCUT2D eigenvalue weighted by atomic mass is 10.00. The highest BCUT2D eigenvalue weighted by Crippen LogP contribution is 2.37. The molecule has 27 heavy (non-hydrogen) atoms. The summed E-state index contributed by atoms with van der Waals surface area (Å²) in [5.74, 6) is 2.01. The van der Waals surface area contributed by atoms with Gasteiger partial charge in [-0.25, -0.2) is 4.79 Å². The Bertz CT molecular complexity index is 815. The van der Waals surface area contributed by atoms with Crippen molar-refractivity contribution in [3.05, 3.63) is 71.5 Å². The van der Waals surface area contributed by atoms with Crippen LogP contribution in [0.15, 0.2) is 60.4 Å². The minimum absolute atomic E-state index is 0.0632. The third-order valence-corrected chi connectivity index (χ3v) is 5.72. The molecule has 1 fully saturated rings. The third kappa shape index (κ3) is 4.64. The zero-order chi connectivity index (χ0) is 19.4. The van der Waals surface area contributed by atoms with E-state index in [-0.39, 0.29) is 12.1 Å². The van der Waals surface area contributed by atoms with Crippen molar-refractivity contribution in [2.75, 3.05) is 7.11 Å². The van der Waals surface area contributed by atoms with Gasteiger partial charge in [0.2, 0.25) is 0 Å². The number of carbonyl (C=O) groups excluding carboxylic acids is 1. The van der Waals surface area contributed by atoms with Crippen LogP contribution >= 0.6 is 22.6 Å². The zero-order valence-corrected chi connectivity index (χ0v) is 18.0. The van der Waals surface area contributed by atoms with E-state index in [1.807, 2.05) is 59.5 Å². The topological polar surface area (TPSA) is 38.8 Å². The van der Waals surface area contributed by atoms with Crippen LogP contribution in [0.4, 0.5) is 4.79 Å². The van der Waals surface area contributed by atoms with Crippen LogP contribution < -0.4 is 4.74 Å². The van der Waals surface area contributed by atoms with E-state index in [2.05, 4.69) is 36.4 Å². The molecule has 1 unspecified atom stereocenters. The minimum Gasteiger partial charge on any atom is -0.497 e. The van der Waals surface area contributed by atoms with Gasteiger partial charge in [0.15, 0.2) is 0 Å². The van der Waals surface area contributed by atoms with E-state index in [0.29, 0.717) is 12.5 Å². The first-order chi connectivity index (χ1) is 13.0. The van der Waals surface area contributed by atoms with Crippen molar-refractivity contribution < 1.29 is 14.3 Å². The van der Waals surface area contributed by atoms with E-state index < -0.39 is 0 Å². The van der Waals surface area contributed by atoms with Gasteiger partial charge >= 0.3 is 6.09 Å². The summed E-state index contributed by atoms with van der Waals surface area (Å²) in [6.45, 7) is 4.85. The summed E-state index contributed by atoms with van der Waals surface area (Å²) in [5, 5.41) is 0. The van der Waals surface area contributed by atoms with Crippen LogP contribution in [-0.4, -0.2) is 24.1 Å². The van der Waals surface area contributed by atoms with Crippen LogP contribution in [0.5, 0.6) is 5.75 Å². The van der Waals surface area contributed by atoms with Crippen LogP contribution in [0.2, 0.25) is 0 Å². The molecule has 1 heterocycles. The summed E-state index contributed by atoms with van der Waals surface area (Å²) in [7, 11) is 1.65. The highest BCUT2D eigenvalue weighted by atomic mass is 127. The molecule has 1 atom stereocenters. The first-order valence-corrected chi connectivity index (χ1v) is 10.1. The molecule has 0 aromatic heterocycles. The Balaban J connectivity index is 1.91. The van der Waals surface area contributed by atoms with Crippen molar-refractivity contribution in [1.82, 2.24) is 4.90 Å². The van der Waals surface area contributed by atoms with Gasteiger partial charge in [-0.1, -0.05) is 56.3 Å². The number of nitrogens with zero attached hydrogens (tertiary/aromatic N) is 1. The van der Waals surface area contributed by atoms with Gasteiger partial charge in [-0.15, -0.1) is 0 Å². The van der Waals surface area contributed by atoms with Crippen molar-refractivity contribution in [3.8, 4) is 5.75 Å². The molecule has 0 spiro atoms. The van der Waals surface area contributed by atoms with Gasteiger partial charge in [-0.3, -0.25) is 4.90 Å². The maximum absolute atomic E-state index is 12.7. The molecule has 0 saturated carbocycles. The first-order valence-electron chi connectivity index (χ1n) is 9.06. The Labute approximate surface area is 174 Å². The Kier molecular flexibility index (Phi) is 6.42. The lowest BCUT2D eigenvalue weighted by Crippen LogP contribution is -2.33. The minimum atomic E-state index is -0.281. The second-order valence-corrected chi connectivity index (χ2v) is 8.11. The summed E-state index contributed by atoms with van der Waals surface area (Å²) < 4.78 is 12.0. The Morgan fingerprint density at radius 2 is 1.81 bits per heavy atom. The smallest absolute Gasteiger partial charge is 0.415 e. The van der Waals surface area contributed by atoms with E-state index in [9.17, 15) is 4.79 Å². The Hall–Kier alpha value is -2.02. The maximum atomic E-state index is 12.7. The number of carbonyl (C=O) groups is 1. The van der Waals surface area contributed by atoms with Crippen molar-refractivity contribution in [1.29, 1.82) is 0 Å². The third-order valence-electron chi connectivity index (χ3n) is 4.56. The van der Waals surface area contributed by atoms with Gasteiger partial charge in [-0.05, 0) is 58.2 Å². The summed E-state index contributed by atoms with van der Waals surface area (Å²) in [6, 6.07) is 17.8. The van der Waals surface area contributed by atoms with Crippen LogP contribution in [0.3, 0.4) is 0 Å². The average molecular weight is 477 g/mol. The highest BCUT2D eigenvalue weighted by molar-refractivity contribution is 14.1. The monoisotopic (exact) mass is 477 g/mol. The number of halogens is 1. The molecule has 0 radical (unpaired) electrons. The summed E-state index contributed by atoms with van der Waals surface area (Å²) >= 11 is 2.29. The summed E-state index contributed by atoms with van der Waals surface area (Å²) in [4.78, 5) is 14.5. The number of benzene rings is 2. The molecule has 0 aliphatic carbocycles. The highest BCUT2D eigenvalue weighted by Gasteiger charge is 2.39. The van der Waals surface area contributed by atoms with Gasteiger partial charge in [-0.2, -0.15) is 0 Å². The molecule has 1 aliphatic heterocycles. The standard InChI is InChI=1S/C22H24INO3/c1-15(2)13-19-21(20(23)17-7-5-4-6-8-17)27-22(25)24(19)14-16-9-11-18(26-3)12-10-16/h4-12,15,19H,13-14H2,1-3H3/b21-20+. The molecule has 0 N–H and O–H groups in total. The van der Waals surface area contributed by atoms with Gasteiger partial charge in [0.05, 0.1) is 16.7 Å². The van der Waals surface area contributed by atoms with Crippen molar-refractivity contribution in [2.45, 2.75) is 32.9 Å².